The average molecular weight is 255 g/mol. The van der Waals surface area contributed by atoms with E-state index in [1.165, 1.54) is 25.7 Å². The van der Waals surface area contributed by atoms with Crippen LogP contribution in [0, 0.1) is 5.41 Å². The molecule has 2 aliphatic heterocycles. The smallest absolute Gasteiger partial charge is 0.313 e. The number of carboxylic acid groups (broad SMARTS) is 1. The van der Waals surface area contributed by atoms with Crippen LogP contribution < -0.4 is 0 Å². The maximum Gasteiger partial charge on any atom is 0.313 e. The van der Waals surface area contributed by atoms with Crippen LogP contribution in [0.4, 0.5) is 0 Å². The molecular formula is C14H25NO3. The predicted molar refractivity (Wildman–Crippen MR) is 69.6 cm³/mol. The van der Waals surface area contributed by atoms with Gasteiger partial charge in [0.1, 0.15) is 5.41 Å². The lowest BCUT2D eigenvalue weighted by Gasteiger charge is -2.39. The zero-order chi connectivity index (χ0) is 13.0. The summed E-state index contributed by atoms with van der Waals surface area (Å²) in [6, 6.07) is 0.505. The summed E-state index contributed by atoms with van der Waals surface area (Å²) in [7, 11) is 0. The molecule has 0 amide bonds. The summed E-state index contributed by atoms with van der Waals surface area (Å²) in [6.07, 6.45) is 6.56. The van der Waals surface area contributed by atoms with E-state index in [-0.39, 0.29) is 0 Å². The average Bonchev–Trinajstić information content (AvgIpc) is 2.56. The molecule has 0 saturated carbocycles. The molecule has 104 valence electrons. The molecule has 2 heterocycles. The Hall–Kier alpha value is -0.610. The molecular weight excluding hydrogens is 230 g/mol. The molecule has 18 heavy (non-hydrogen) atoms. The molecule has 0 aromatic carbocycles. The minimum absolute atomic E-state index is 0.381. The molecule has 2 aliphatic rings. The fraction of sp³-hybridized carbons (Fsp3) is 0.929. The summed E-state index contributed by atoms with van der Waals surface area (Å²) in [5, 5.41) is 9.57. The quantitative estimate of drug-likeness (QED) is 0.839. The van der Waals surface area contributed by atoms with E-state index in [4.69, 9.17) is 4.74 Å². The van der Waals surface area contributed by atoms with Crippen molar-refractivity contribution in [3.05, 3.63) is 0 Å². The molecule has 0 aliphatic carbocycles. The van der Waals surface area contributed by atoms with Crippen molar-refractivity contribution < 1.29 is 14.6 Å². The van der Waals surface area contributed by atoms with Gasteiger partial charge in [0.25, 0.3) is 0 Å². The second-order valence-electron chi connectivity index (χ2n) is 5.91. The summed E-state index contributed by atoms with van der Waals surface area (Å²) >= 11 is 0. The van der Waals surface area contributed by atoms with Gasteiger partial charge < -0.3 is 9.84 Å². The fourth-order valence-electron chi connectivity index (χ4n) is 3.17. The summed E-state index contributed by atoms with van der Waals surface area (Å²) in [5.41, 5.74) is -0.670. The Kier molecular flexibility index (Phi) is 4.62. The van der Waals surface area contributed by atoms with E-state index in [1.807, 2.05) is 0 Å². The molecule has 1 N–H and O–H groups in total. The summed E-state index contributed by atoms with van der Waals surface area (Å²) in [6.45, 7) is 5.01. The highest BCUT2D eigenvalue weighted by atomic mass is 16.5. The van der Waals surface area contributed by atoms with Crippen LogP contribution in [0.25, 0.3) is 0 Å². The number of hydrogen-bond acceptors (Lipinski definition) is 3. The Bertz CT molecular complexity index is 287. The summed E-state index contributed by atoms with van der Waals surface area (Å²) in [4.78, 5) is 14.0. The van der Waals surface area contributed by atoms with E-state index in [0.717, 1.165) is 19.4 Å². The predicted octanol–water partition coefficient (Wildman–Crippen LogP) is 2.13. The van der Waals surface area contributed by atoms with E-state index >= 15 is 0 Å². The van der Waals surface area contributed by atoms with Gasteiger partial charge in [0, 0.05) is 19.2 Å². The molecule has 0 radical (unpaired) electrons. The van der Waals surface area contributed by atoms with Gasteiger partial charge in [-0.25, -0.2) is 0 Å². The molecule has 2 rings (SSSR count). The molecule has 4 heteroatoms. The largest absolute Gasteiger partial charge is 0.481 e. The lowest BCUT2D eigenvalue weighted by atomic mass is 9.81. The van der Waals surface area contributed by atoms with E-state index < -0.39 is 11.4 Å². The normalized spacial score (nSPS) is 35.1. The highest BCUT2D eigenvalue weighted by molar-refractivity contribution is 5.75. The van der Waals surface area contributed by atoms with E-state index in [0.29, 0.717) is 25.8 Å². The first-order valence-electron chi connectivity index (χ1n) is 7.19. The van der Waals surface area contributed by atoms with Gasteiger partial charge in [0.2, 0.25) is 0 Å². The third-order valence-electron chi connectivity index (χ3n) is 4.47. The molecule has 4 nitrogen and oxygen atoms in total. The maximum atomic E-state index is 11.6. The SMILES string of the molecule is CC1CCCCCN1CC1(C(=O)O)CCCOC1. The first-order chi connectivity index (χ1) is 8.64. The second-order valence-corrected chi connectivity index (χ2v) is 5.91. The molecule has 2 atom stereocenters. The van der Waals surface area contributed by atoms with Gasteiger partial charge in [-0.2, -0.15) is 0 Å². The van der Waals surface area contributed by atoms with Gasteiger partial charge in [0.15, 0.2) is 0 Å². The maximum absolute atomic E-state index is 11.6. The molecule has 2 saturated heterocycles. The lowest BCUT2D eigenvalue weighted by Crippen LogP contribution is -2.50. The van der Waals surface area contributed by atoms with Gasteiger partial charge in [-0.05, 0) is 39.2 Å². The van der Waals surface area contributed by atoms with Crippen LogP contribution in [0.15, 0.2) is 0 Å². The number of hydrogen-bond donors (Lipinski definition) is 1. The van der Waals surface area contributed by atoms with Gasteiger partial charge in [0.05, 0.1) is 6.61 Å². The third kappa shape index (κ3) is 3.04. The molecule has 2 fully saturated rings. The number of carbonyl (C=O) groups is 1. The third-order valence-corrected chi connectivity index (χ3v) is 4.47. The second kappa shape index (κ2) is 6.02. The van der Waals surface area contributed by atoms with E-state index in [2.05, 4.69) is 11.8 Å². The highest BCUT2D eigenvalue weighted by Crippen LogP contribution is 2.32. The first kappa shape index (κ1) is 13.8. The van der Waals surface area contributed by atoms with Crippen molar-refractivity contribution in [1.82, 2.24) is 4.90 Å². The highest BCUT2D eigenvalue weighted by Gasteiger charge is 2.42. The van der Waals surface area contributed by atoms with Crippen LogP contribution in [0.3, 0.4) is 0 Å². The Morgan fingerprint density at radius 2 is 2.22 bits per heavy atom. The van der Waals surface area contributed by atoms with Crippen molar-refractivity contribution in [2.75, 3.05) is 26.3 Å². The number of likely N-dealkylation sites (tertiary alicyclic amines) is 1. The van der Waals surface area contributed by atoms with E-state index in [9.17, 15) is 9.90 Å². The Morgan fingerprint density at radius 1 is 1.39 bits per heavy atom. The monoisotopic (exact) mass is 255 g/mol. The number of nitrogens with zero attached hydrogens (tertiary/aromatic N) is 1. The summed E-state index contributed by atoms with van der Waals surface area (Å²) < 4.78 is 5.45. The topological polar surface area (TPSA) is 49.8 Å². The van der Waals surface area contributed by atoms with Crippen LogP contribution in [-0.2, 0) is 9.53 Å². The number of rotatable bonds is 3. The van der Waals surface area contributed by atoms with Gasteiger partial charge in [-0.15, -0.1) is 0 Å². The first-order valence-corrected chi connectivity index (χ1v) is 7.19. The van der Waals surface area contributed by atoms with Crippen LogP contribution in [0.1, 0.15) is 45.4 Å². The Morgan fingerprint density at radius 3 is 2.89 bits per heavy atom. The molecule has 0 bridgehead atoms. The Labute approximate surface area is 109 Å². The van der Waals surface area contributed by atoms with Crippen LogP contribution in [-0.4, -0.2) is 48.3 Å². The zero-order valence-electron chi connectivity index (χ0n) is 11.4. The van der Waals surface area contributed by atoms with Crippen LogP contribution >= 0.6 is 0 Å². The fourth-order valence-corrected chi connectivity index (χ4v) is 3.17. The van der Waals surface area contributed by atoms with Crippen molar-refractivity contribution in [3.8, 4) is 0 Å². The molecule has 0 spiro atoms. The van der Waals surface area contributed by atoms with Crippen LogP contribution in [0.2, 0.25) is 0 Å². The lowest BCUT2D eigenvalue weighted by molar-refractivity contribution is -0.159. The van der Waals surface area contributed by atoms with Crippen LogP contribution in [0.5, 0.6) is 0 Å². The summed E-state index contributed by atoms with van der Waals surface area (Å²) in [5.74, 6) is -0.682. The van der Waals surface area contributed by atoms with Crippen molar-refractivity contribution >= 4 is 5.97 Å². The number of ether oxygens (including phenoxy) is 1. The van der Waals surface area contributed by atoms with Crippen molar-refractivity contribution in [1.29, 1.82) is 0 Å². The standard InChI is InChI=1S/C14H25NO3/c1-12-6-3-2-4-8-15(12)10-14(13(16)17)7-5-9-18-11-14/h12H,2-11H2,1H3,(H,16,17). The zero-order valence-corrected chi connectivity index (χ0v) is 11.4. The molecule has 0 aromatic heterocycles. The molecule has 2 unspecified atom stereocenters. The van der Waals surface area contributed by atoms with Crippen molar-refractivity contribution in [3.63, 3.8) is 0 Å². The van der Waals surface area contributed by atoms with E-state index in [1.54, 1.807) is 0 Å². The Balaban J connectivity index is 2.05. The van der Waals surface area contributed by atoms with Gasteiger partial charge in [-0.3, -0.25) is 9.69 Å². The minimum atomic E-state index is -0.682. The minimum Gasteiger partial charge on any atom is -0.481 e. The number of carboxylic acids is 1. The number of aliphatic carboxylic acids is 1. The molecule has 0 aromatic rings. The van der Waals surface area contributed by atoms with Gasteiger partial charge >= 0.3 is 5.97 Å². The van der Waals surface area contributed by atoms with Crippen molar-refractivity contribution in [2.45, 2.75) is 51.5 Å². The van der Waals surface area contributed by atoms with Gasteiger partial charge in [-0.1, -0.05) is 12.8 Å². The van der Waals surface area contributed by atoms with Crippen molar-refractivity contribution in [2.24, 2.45) is 5.41 Å².